The number of hydrogen-bond acceptors (Lipinski definition) is 3. The van der Waals surface area contributed by atoms with Gasteiger partial charge >= 0.3 is 0 Å². The SMILES string of the molecule is O=C(NCC1CCN(CCc2ccccc2)C1)C1CCNC1. The van der Waals surface area contributed by atoms with Gasteiger partial charge in [-0.3, -0.25) is 4.79 Å². The van der Waals surface area contributed by atoms with Crippen LogP contribution in [0.2, 0.25) is 0 Å². The molecular weight excluding hydrogens is 274 g/mol. The molecule has 2 aliphatic rings. The summed E-state index contributed by atoms with van der Waals surface area (Å²) in [5, 5.41) is 6.41. The van der Waals surface area contributed by atoms with Crippen LogP contribution in [0.5, 0.6) is 0 Å². The Bertz CT molecular complexity index is 470. The van der Waals surface area contributed by atoms with E-state index in [9.17, 15) is 4.79 Å². The Morgan fingerprint density at radius 3 is 2.91 bits per heavy atom. The van der Waals surface area contributed by atoms with Crippen LogP contribution in [0.4, 0.5) is 0 Å². The van der Waals surface area contributed by atoms with Crippen LogP contribution in [0.25, 0.3) is 0 Å². The van der Waals surface area contributed by atoms with Gasteiger partial charge in [0.05, 0.1) is 5.92 Å². The van der Waals surface area contributed by atoms with E-state index in [-0.39, 0.29) is 11.8 Å². The van der Waals surface area contributed by atoms with E-state index in [0.717, 1.165) is 45.6 Å². The number of amides is 1. The highest BCUT2D eigenvalue weighted by Gasteiger charge is 2.25. The second-order valence-electron chi connectivity index (χ2n) is 6.63. The van der Waals surface area contributed by atoms with Gasteiger partial charge in [0.25, 0.3) is 0 Å². The van der Waals surface area contributed by atoms with Crippen molar-refractivity contribution in [3.05, 3.63) is 35.9 Å². The van der Waals surface area contributed by atoms with Crippen molar-refractivity contribution in [2.24, 2.45) is 11.8 Å². The van der Waals surface area contributed by atoms with Crippen molar-refractivity contribution in [2.45, 2.75) is 19.3 Å². The van der Waals surface area contributed by atoms with Crippen molar-refractivity contribution in [1.29, 1.82) is 0 Å². The van der Waals surface area contributed by atoms with Crippen LogP contribution in [-0.2, 0) is 11.2 Å². The zero-order chi connectivity index (χ0) is 15.2. The molecular formula is C18H27N3O. The molecule has 0 aromatic heterocycles. The Morgan fingerprint density at radius 1 is 1.27 bits per heavy atom. The topological polar surface area (TPSA) is 44.4 Å². The first-order valence-corrected chi connectivity index (χ1v) is 8.56. The molecule has 2 heterocycles. The second-order valence-corrected chi connectivity index (χ2v) is 6.63. The number of hydrogen-bond donors (Lipinski definition) is 2. The molecule has 2 aliphatic heterocycles. The molecule has 2 fully saturated rings. The monoisotopic (exact) mass is 301 g/mol. The normalized spacial score (nSPS) is 25.5. The number of nitrogens with zero attached hydrogens (tertiary/aromatic N) is 1. The molecule has 3 rings (SSSR count). The van der Waals surface area contributed by atoms with Crippen molar-refractivity contribution >= 4 is 5.91 Å². The molecule has 22 heavy (non-hydrogen) atoms. The molecule has 1 amide bonds. The van der Waals surface area contributed by atoms with E-state index >= 15 is 0 Å². The van der Waals surface area contributed by atoms with E-state index in [2.05, 4.69) is 45.9 Å². The average molecular weight is 301 g/mol. The summed E-state index contributed by atoms with van der Waals surface area (Å²) in [6.07, 6.45) is 3.31. The maximum atomic E-state index is 12.0. The summed E-state index contributed by atoms with van der Waals surface area (Å²) in [4.78, 5) is 14.6. The summed E-state index contributed by atoms with van der Waals surface area (Å²) >= 11 is 0. The van der Waals surface area contributed by atoms with E-state index in [1.807, 2.05) is 0 Å². The van der Waals surface area contributed by atoms with Gasteiger partial charge in [0.15, 0.2) is 0 Å². The minimum atomic E-state index is 0.190. The summed E-state index contributed by atoms with van der Waals surface area (Å²) < 4.78 is 0. The van der Waals surface area contributed by atoms with E-state index in [0.29, 0.717) is 5.92 Å². The van der Waals surface area contributed by atoms with Gasteiger partial charge < -0.3 is 15.5 Å². The van der Waals surface area contributed by atoms with Crippen LogP contribution in [0, 0.1) is 11.8 Å². The van der Waals surface area contributed by atoms with Gasteiger partial charge in [-0.15, -0.1) is 0 Å². The maximum Gasteiger partial charge on any atom is 0.224 e. The standard InChI is InChI=1S/C18H27N3O/c22-18(17-6-9-19-13-17)20-12-16-8-11-21(14-16)10-7-15-4-2-1-3-5-15/h1-5,16-17,19H,6-14H2,(H,20,22). The molecule has 0 aliphatic carbocycles. The summed E-state index contributed by atoms with van der Waals surface area (Å²) in [7, 11) is 0. The summed E-state index contributed by atoms with van der Waals surface area (Å²) in [5.74, 6) is 1.05. The Morgan fingerprint density at radius 2 is 2.14 bits per heavy atom. The Labute approximate surface area is 133 Å². The number of carbonyl (C=O) groups excluding carboxylic acids is 1. The van der Waals surface area contributed by atoms with Gasteiger partial charge in [0, 0.05) is 26.2 Å². The molecule has 0 bridgehead atoms. The average Bonchev–Trinajstić information content (AvgIpc) is 3.23. The minimum absolute atomic E-state index is 0.190. The van der Waals surface area contributed by atoms with Crippen LogP contribution in [-0.4, -0.2) is 50.1 Å². The fourth-order valence-corrected chi connectivity index (χ4v) is 3.48. The van der Waals surface area contributed by atoms with Gasteiger partial charge in [0.2, 0.25) is 5.91 Å². The van der Waals surface area contributed by atoms with E-state index in [1.165, 1.54) is 18.5 Å². The van der Waals surface area contributed by atoms with Gasteiger partial charge in [-0.25, -0.2) is 0 Å². The van der Waals surface area contributed by atoms with Crippen LogP contribution in [0.3, 0.4) is 0 Å². The first-order valence-electron chi connectivity index (χ1n) is 8.56. The zero-order valence-corrected chi connectivity index (χ0v) is 13.3. The maximum absolute atomic E-state index is 12.0. The largest absolute Gasteiger partial charge is 0.355 e. The molecule has 4 nitrogen and oxygen atoms in total. The summed E-state index contributed by atoms with van der Waals surface area (Å²) in [5.41, 5.74) is 1.41. The van der Waals surface area contributed by atoms with Crippen molar-refractivity contribution in [2.75, 3.05) is 39.3 Å². The highest BCUT2D eigenvalue weighted by Crippen LogP contribution is 2.16. The fraction of sp³-hybridized carbons (Fsp3) is 0.611. The Balaban J connectivity index is 1.34. The summed E-state index contributed by atoms with van der Waals surface area (Å²) in [6.45, 7) is 6.08. The van der Waals surface area contributed by atoms with Gasteiger partial charge in [0.1, 0.15) is 0 Å². The lowest BCUT2D eigenvalue weighted by atomic mass is 10.1. The molecule has 0 radical (unpaired) electrons. The fourth-order valence-electron chi connectivity index (χ4n) is 3.48. The first kappa shape index (κ1) is 15.5. The number of carbonyl (C=O) groups is 1. The molecule has 2 atom stereocenters. The van der Waals surface area contributed by atoms with Crippen molar-refractivity contribution in [3.8, 4) is 0 Å². The van der Waals surface area contributed by atoms with Gasteiger partial charge in [-0.1, -0.05) is 30.3 Å². The number of nitrogens with one attached hydrogen (secondary N) is 2. The Kier molecular flexibility index (Phi) is 5.46. The smallest absolute Gasteiger partial charge is 0.224 e. The zero-order valence-electron chi connectivity index (χ0n) is 13.3. The predicted octanol–water partition coefficient (Wildman–Crippen LogP) is 1.28. The van der Waals surface area contributed by atoms with E-state index < -0.39 is 0 Å². The molecule has 0 saturated carbocycles. The third-order valence-corrected chi connectivity index (χ3v) is 4.93. The van der Waals surface area contributed by atoms with Crippen molar-refractivity contribution in [3.63, 3.8) is 0 Å². The lowest BCUT2D eigenvalue weighted by Gasteiger charge is -2.17. The molecule has 0 spiro atoms. The quantitative estimate of drug-likeness (QED) is 0.832. The van der Waals surface area contributed by atoms with Crippen LogP contribution < -0.4 is 10.6 Å². The molecule has 120 valence electrons. The number of likely N-dealkylation sites (tertiary alicyclic amines) is 1. The third kappa shape index (κ3) is 4.31. The van der Waals surface area contributed by atoms with Crippen molar-refractivity contribution in [1.82, 2.24) is 15.5 Å². The first-order chi connectivity index (χ1) is 10.8. The predicted molar refractivity (Wildman–Crippen MR) is 88.7 cm³/mol. The number of benzene rings is 1. The third-order valence-electron chi connectivity index (χ3n) is 4.93. The molecule has 1 aromatic rings. The van der Waals surface area contributed by atoms with Gasteiger partial charge in [-0.05, 0) is 43.8 Å². The molecule has 2 saturated heterocycles. The van der Waals surface area contributed by atoms with Gasteiger partial charge in [-0.2, -0.15) is 0 Å². The lowest BCUT2D eigenvalue weighted by molar-refractivity contribution is -0.124. The van der Waals surface area contributed by atoms with E-state index in [4.69, 9.17) is 0 Å². The van der Waals surface area contributed by atoms with Crippen LogP contribution in [0.1, 0.15) is 18.4 Å². The second kappa shape index (κ2) is 7.75. The van der Waals surface area contributed by atoms with Crippen LogP contribution >= 0.6 is 0 Å². The molecule has 2 N–H and O–H groups in total. The highest BCUT2D eigenvalue weighted by molar-refractivity contribution is 5.79. The molecule has 2 unspecified atom stereocenters. The molecule has 1 aromatic carbocycles. The summed E-state index contributed by atoms with van der Waals surface area (Å²) in [6, 6.07) is 10.7. The minimum Gasteiger partial charge on any atom is -0.355 e. The van der Waals surface area contributed by atoms with Crippen LogP contribution in [0.15, 0.2) is 30.3 Å². The highest BCUT2D eigenvalue weighted by atomic mass is 16.1. The van der Waals surface area contributed by atoms with Crippen molar-refractivity contribution < 1.29 is 4.79 Å². The molecule has 4 heteroatoms. The lowest BCUT2D eigenvalue weighted by Crippen LogP contribution is -2.36. The number of rotatable bonds is 6. The van der Waals surface area contributed by atoms with E-state index in [1.54, 1.807) is 0 Å². The Hall–Kier alpha value is -1.39.